The molecule has 0 aliphatic carbocycles. The Morgan fingerprint density at radius 2 is 1.18 bits per heavy atom. The zero-order valence-electron chi connectivity index (χ0n) is 23.9. The number of rotatable bonds is 2. The highest BCUT2D eigenvalue weighted by molar-refractivity contribution is 6.68. The summed E-state index contributed by atoms with van der Waals surface area (Å²) in [5.74, 6) is 0.435. The molecule has 0 N–H and O–H groups in total. The first-order valence-electron chi connectivity index (χ1n) is 14.5. The SMILES string of the molecule is [B]c1c([B])c([B])c(-c2nc(-n3c4cc5ccccc5cc4c4ccc5oc6ccccc6c5c43)nc3ccccc23)c([B])c1[B]. The molecule has 0 fully saturated rings. The molecule has 0 spiro atoms. The lowest BCUT2D eigenvalue weighted by molar-refractivity contribution is 0.669. The van der Waals surface area contributed by atoms with Crippen LogP contribution in [-0.2, 0) is 0 Å². The minimum absolute atomic E-state index is 0.149. The number of benzene rings is 6. The van der Waals surface area contributed by atoms with E-state index in [0.29, 0.717) is 22.7 Å². The minimum atomic E-state index is 0.149. The lowest BCUT2D eigenvalue weighted by Crippen LogP contribution is -2.55. The van der Waals surface area contributed by atoms with Crippen molar-refractivity contribution in [2.75, 3.05) is 0 Å². The Bertz CT molecular complexity index is 2700. The first-order chi connectivity index (χ1) is 21.9. The summed E-state index contributed by atoms with van der Waals surface area (Å²) >= 11 is 0. The fourth-order valence-electron chi connectivity index (χ4n) is 6.67. The fraction of sp³-hybridized carbons (Fsp3) is 0. The van der Waals surface area contributed by atoms with Gasteiger partial charge in [-0.25, -0.2) is 9.97 Å². The van der Waals surface area contributed by atoms with Crippen molar-refractivity contribution in [2.24, 2.45) is 0 Å². The summed E-state index contributed by atoms with van der Waals surface area (Å²) in [4.78, 5) is 10.3. The molecular weight excluding hydrogens is 544 g/mol. The van der Waals surface area contributed by atoms with Crippen molar-refractivity contribution < 1.29 is 4.42 Å². The maximum absolute atomic E-state index is 6.59. The van der Waals surface area contributed by atoms with Crippen molar-refractivity contribution in [1.29, 1.82) is 0 Å². The van der Waals surface area contributed by atoms with Gasteiger partial charge in [-0.1, -0.05) is 71.6 Å². The molecule has 9 heteroatoms. The molecule has 0 amide bonds. The Balaban J connectivity index is 1.51. The molecule has 45 heavy (non-hydrogen) atoms. The molecular formula is C36H16B5N3O. The standard InChI is InChI=1S/C36H16B5N3O/c37-29-28(30(38)32(40)33(41)31(29)39)34-20-9-3-5-11-23(20)42-36(43-34)44-24-16-18-8-2-1-7-17(18)15-22(24)19-13-14-26-27(35(19)44)21-10-4-6-12-25(21)45-26/h1-16H. The van der Waals surface area contributed by atoms with E-state index in [1.54, 1.807) is 0 Å². The van der Waals surface area contributed by atoms with Gasteiger partial charge in [0.15, 0.2) is 0 Å². The van der Waals surface area contributed by atoms with Crippen LogP contribution in [0.1, 0.15) is 0 Å². The Morgan fingerprint density at radius 3 is 1.96 bits per heavy atom. The van der Waals surface area contributed by atoms with E-state index >= 15 is 0 Å². The molecule has 0 unspecified atom stereocenters. The van der Waals surface area contributed by atoms with Crippen molar-refractivity contribution in [1.82, 2.24) is 14.5 Å². The predicted molar refractivity (Wildman–Crippen MR) is 191 cm³/mol. The number of hydrogen-bond acceptors (Lipinski definition) is 3. The Kier molecular flexibility index (Phi) is 5.50. The van der Waals surface area contributed by atoms with Crippen molar-refractivity contribution in [3.05, 3.63) is 97.1 Å². The third kappa shape index (κ3) is 3.61. The molecule has 10 radical (unpaired) electrons. The van der Waals surface area contributed by atoms with Crippen LogP contribution in [-0.4, -0.2) is 53.8 Å². The number of aromatic nitrogens is 3. The highest BCUT2D eigenvalue weighted by Gasteiger charge is 2.23. The fourth-order valence-corrected chi connectivity index (χ4v) is 6.67. The van der Waals surface area contributed by atoms with Gasteiger partial charge in [-0.15, -0.1) is 16.4 Å². The lowest BCUT2D eigenvalue weighted by Gasteiger charge is -2.22. The van der Waals surface area contributed by atoms with Crippen LogP contribution in [0.15, 0.2) is 101 Å². The molecule has 0 saturated carbocycles. The second-order valence-corrected chi connectivity index (χ2v) is 11.3. The molecule has 6 aromatic carbocycles. The summed E-state index contributed by atoms with van der Waals surface area (Å²) in [6, 6.07) is 32.6. The highest BCUT2D eigenvalue weighted by atomic mass is 16.3. The van der Waals surface area contributed by atoms with Crippen LogP contribution in [0.3, 0.4) is 0 Å². The summed E-state index contributed by atoms with van der Waals surface area (Å²) in [7, 11) is 32.0. The number of para-hydroxylation sites is 2. The Hall–Kier alpha value is -5.16. The van der Waals surface area contributed by atoms with Gasteiger partial charge >= 0.3 is 0 Å². The van der Waals surface area contributed by atoms with Gasteiger partial charge < -0.3 is 4.42 Å². The number of furan rings is 1. The normalized spacial score (nSPS) is 12.0. The third-order valence-electron chi connectivity index (χ3n) is 8.86. The molecule has 196 valence electrons. The highest BCUT2D eigenvalue weighted by Crippen LogP contribution is 2.41. The molecule has 0 saturated heterocycles. The summed E-state index contributed by atoms with van der Waals surface area (Å²) in [6.07, 6.45) is 0. The van der Waals surface area contributed by atoms with Gasteiger partial charge in [-0.05, 0) is 52.7 Å². The first kappa shape index (κ1) is 26.3. The monoisotopic (exact) mass is 561 g/mol. The number of nitrogens with zero attached hydrogens (tertiary/aromatic N) is 3. The molecule has 0 atom stereocenters. The first-order valence-corrected chi connectivity index (χ1v) is 14.5. The van der Waals surface area contributed by atoms with E-state index in [4.69, 9.17) is 53.6 Å². The van der Waals surface area contributed by atoms with E-state index in [-0.39, 0.29) is 27.3 Å². The molecule has 3 heterocycles. The van der Waals surface area contributed by atoms with Gasteiger partial charge in [-0.3, -0.25) is 4.57 Å². The predicted octanol–water partition coefficient (Wildman–Crippen LogP) is 3.42. The van der Waals surface area contributed by atoms with Crippen LogP contribution < -0.4 is 27.3 Å². The third-order valence-corrected chi connectivity index (χ3v) is 8.86. The summed E-state index contributed by atoms with van der Waals surface area (Å²) in [6.45, 7) is 0. The summed E-state index contributed by atoms with van der Waals surface area (Å²) < 4.78 is 8.44. The maximum atomic E-state index is 6.59. The molecule has 4 nitrogen and oxygen atoms in total. The van der Waals surface area contributed by atoms with Gasteiger partial charge in [0.2, 0.25) is 5.95 Å². The minimum Gasteiger partial charge on any atom is -0.456 e. The molecule has 9 aromatic rings. The average molecular weight is 561 g/mol. The molecule has 0 bridgehead atoms. The van der Waals surface area contributed by atoms with E-state index in [2.05, 4.69) is 41.0 Å². The van der Waals surface area contributed by atoms with Crippen LogP contribution in [0, 0.1) is 0 Å². The second kappa shape index (κ2) is 9.42. The van der Waals surface area contributed by atoms with E-state index in [1.807, 2.05) is 60.7 Å². The van der Waals surface area contributed by atoms with Gasteiger partial charge in [0.25, 0.3) is 0 Å². The number of fused-ring (bicyclic) bond motifs is 9. The average Bonchev–Trinajstić information content (AvgIpc) is 3.60. The molecule has 0 aliphatic rings. The van der Waals surface area contributed by atoms with E-state index in [1.165, 1.54) is 0 Å². The van der Waals surface area contributed by atoms with Crippen LogP contribution in [0.2, 0.25) is 0 Å². The van der Waals surface area contributed by atoms with E-state index in [0.717, 1.165) is 59.9 Å². The van der Waals surface area contributed by atoms with E-state index < -0.39 is 0 Å². The van der Waals surface area contributed by atoms with Gasteiger partial charge in [0.1, 0.15) is 50.4 Å². The maximum Gasteiger partial charge on any atom is 0.235 e. The zero-order chi connectivity index (χ0) is 30.6. The van der Waals surface area contributed by atoms with Crippen molar-refractivity contribution in [3.8, 4) is 17.2 Å². The quantitative estimate of drug-likeness (QED) is 0.305. The summed E-state index contributed by atoms with van der Waals surface area (Å²) in [5.41, 5.74) is 5.97. The van der Waals surface area contributed by atoms with Gasteiger partial charge in [0.05, 0.1) is 27.6 Å². The van der Waals surface area contributed by atoms with Crippen molar-refractivity contribution >= 4 is 132 Å². The van der Waals surface area contributed by atoms with Crippen LogP contribution in [0.5, 0.6) is 0 Å². The molecule has 3 aromatic heterocycles. The lowest BCUT2D eigenvalue weighted by atomic mass is 9.60. The second-order valence-electron chi connectivity index (χ2n) is 11.3. The Morgan fingerprint density at radius 1 is 0.533 bits per heavy atom. The van der Waals surface area contributed by atoms with Crippen LogP contribution in [0.25, 0.3) is 82.6 Å². The van der Waals surface area contributed by atoms with Crippen molar-refractivity contribution in [3.63, 3.8) is 0 Å². The smallest absolute Gasteiger partial charge is 0.235 e. The number of hydrogen-bond donors (Lipinski definition) is 0. The topological polar surface area (TPSA) is 43.9 Å². The Labute approximate surface area is 264 Å². The van der Waals surface area contributed by atoms with Crippen LogP contribution in [0.4, 0.5) is 0 Å². The van der Waals surface area contributed by atoms with Crippen LogP contribution >= 0.6 is 0 Å². The summed E-state index contributed by atoms with van der Waals surface area (Å²) in [5, 5.41) is 7.06. The largest absolute Gasteiger partial charge is 0.456 e. The van der Waals surface area contributed by atoms with E-state index in [9.17, 15) is 0 Å². The van der Waals surface area contributed by atoms with Gasteiger partial charge in [-0.2, -0.15) is 0 Å². The van der Waals surface area contributed by atoms with Gasteiger partial charge in [0, 0.05) is 21.5 Å². The van der Waals surface area contributed by atoms with Crippen molar-refractivity contribution in [2.45, 2.75) is 0 Å². The molecule has 0 aliphatic heterocycles. The molecule has 9 rings (SSSR count). The zero-order valence-corrected chi connectivity index (χ0v) is 23.9.